The monoisotopic (exact) mass is 920 g/mol. The Hall–Kier alpha value is -6.70. The second-order valence-electron chi connectivity index (χ2n) is 19.5. The molecular formula is C54H64N8O6. The van der Waals surface area contributed by atoms with Crippen molar-refractivity contribution in [1.82, 2.24) is 40.4 Å². The summed E-state index contributed by atoms with van der Waals surface area (Å²) in [6, 6.07) is 24.9. The number of aryl methyl sites for hydroxylation is 4. The first-order valence-corrected chi connectivity index (χ1v) is 24.4. The molecule has 4 aliphatic carbocycles. The Labute approximate surface area is 398 Å². The zero-order chi connectivity index (χ0) is 47.6. The summed E-state index contributed by atoms with van der Waals surface area (Å²) in [4.78, 5) is 73.4. The van der Waals surface area contributed by atoms with E-state index in [1.165, 1.54) is 47.6 Å². The molecule has 0 spiro atoms. The average molecular weight is 921 g/mol. The lowest BCUT2D eigenvalue weighted by Crippen LogP contribution is -2.53. The van der Waals surface area contributed by atoms with Gasteiger partial charge in [0.2, 0.25) is 11.8 Å². The molecular weight excluding hydrogens is 857 g/mol. The minimum Gasteiger partial charge on any atom is -0.453 e. The number of methoxy groups -OCH3 is 2. The Morgan fingerprint density at radius 1 is 0.574 bits per heavy atom. The molecule has 356 valence electrons. The third kappa shape index (κ3) is 9.55. The van der Waals surface area contributed by atoms with E-state index in [0.29, 0.717) is 13.1 Å². The maximum absolute atomic E-state index is 14.0. The van der Waals surface area contributed by atoms with Crippen LogP contribution in [0.25, 0.3) is 44.3 Å². The molecule has 6 aliphatic rings. The van der Waals surface area contributed by atoms with Gasteiger partial charge in [-0.3, -0.25) is 9.59 Å². The van der Waals surface area contributed by atoms with Gasteiger partial charge in [-0.25, -0.2) is 19.6 Å². The summed E-state index contributed by atoms with van der Waals surface area (Å²) < 4.78 is 9.69. The van der Waals surface area contributed by atoms with Crippen LogP contribution in [0, 0.1) is 11.8 Å². The van der Waals surface area contributed by atoms with Crippen molar-refractivity contribution in [3.8, 4) is 22.3 Å². The first kappa shape index (κ1) is 46.4. The van der Waals surface area contributed by atoms with Crippen LogP contribution >= 0.6 is 0 Å². The number of imidazole rings is 2. The van der Waals surface area contributed by atoms with Gasteiger partial charge < -0.3 is 39.9 Å². The summed E-state index contributed by atoms with van der Waals surface area (Å²) in [5.41, 5.74) is 13.4. The first-order valence-electron chi connectivity index (χ1n) is 24.4. The first-order chi connectivity index (χ1) is 32.9. The second-order valence-corrected chi connectivity index (χ2v) is 19.5. The lowest BCUT2D eigenvalue weighted by Gasteiger charge is -2.37. The molecule has 0 unspecified atom stereocenters. The van der Waals surface area contributed by atoms with Crippen LogP contribution < -0.4 is 10.6 Å². The maximum atomic E-state index is 14.0. The summed E-state index contributed by atoms with van der Waals surface area (Å²) in [6.45, 7) is 8.91. The molecule has 14 heteroatoms. The highest BCUT2D eigenvalue weighted by Gasteiger charge is 2.38. The van der Waals surface area contributed by atoms with Crippen molar-refractivity contribution < 1.29 is 28.7 Å². The highest BCUT2D eigenvalue weighted by molar-refractivity contribution is 5.88. The molecule has 2 aromatic heterocycles. The Kier molecular flexibility index (Phi) is 13.6. The van der Waals surface area contributed by atoms with Crippen LogP contribution in [0.4, 0.5) is 9.59 Å². The number of ether oxygens (including phenoxy) is 2. The number of hydrogen-bond acceptors (Lipinski definition) is 8. The highest BCUT2D eigenvalue weighted by atomic mass is 16.5. The van der Waals surface area contributed by atoms with Gasteiger partial charge in [-0.1, -0.05) is 76.2 Å². The van der Waals surface area contributed by atoms with Crippen LogP contribution in [0.1, 0.15) is 112 Å². The van der Waals surface area contributed by atoms with Crippen molar-refractivity contribution in [2.45, 2.75) is 116 Å². The molecule has 4 amide bonds. The summed E-state index contributed by atoms with van der Waals surface area (Å²) in [5.74, 6) is 1.07. The molecule has 14 nitrogen and oxygen atoms in total. The minimum atomic E-state index is -0.697. The van der Waals surface area contributed by atoms with Crippen LogP contribution in [-0.2, 0) is 44.7 Å². The fourth-order valence-corrected chi connectivity index (χ4v) is 10.5. The Morgan fingerprint density at radius 3 is 1.40 bits per heavy atom. The number of amides is 4. The Morgan fingerprint density at radius 2 is 1.00 bits per heavy atom. The van der Waals surface area contributed by atoms with Gasteiger partial charge in [-0.05, 0) is 145 Å². The number of aromatic nitrogens is 4. The third-order valence-corrected chi connectivity index (χ3v) is 14.3. The maximum Gasteiger partial charge on any atom is 0.407 e. The van der Waals surface area contributed by atoms with Crippen molar-refractivity contribution >= 4 is 46.1 Å². The lowest BCUT2D eigenvalue weighted by atomic mass is 9.87. The predicted octanol–water partition coefficient (Wildman–Crippen LogP) is 9.53. The zero-order valence-electron chi connectivity index (χ0n) is 40.1. The number of fused-ring (bicyclic) bond motifs is 2. The normalized spacial score (nSPS) is 18.4. The number of nitrogens with one attached hydrogen (secondary N) is 4. The second kappa shape index (κ2) is 19.9. The van der Waals surface area contributed by atoms with Crippen molar-refractivity contribution in [2.24, 2.45) is 11.8 Å². The summed E-state index contributed by atoms with van der Waals surface area (Å²) in [6.07, 6.45) is 7.57. The smallest absolute Gasteiger partial charge is 0.407 e. The van der Waals surface area contributed by atoms with Crippen molar-refractivity contribution in [3.05, 3.63) is 107 Å². The van der Waals surface area contributed by atoms with Gasteiger partial charge in [-0.2, -0.15) is 0 Å². The molecule has 0 saturated carbocycles. The molecule has 4 heterocycles. The van der Waals surface area contributed by atoms with Crippen molar-refractivity contribution in [2.75, 3.05) is 27.3 Å². The van der Waals surface area contributed by atoms with Gasteiger partial charge in [0.1, 0.15) is 23.7 Å². The Balaban J connectivity index is 0.950. The van der Waals surface area contributed by atoms with Crippen LogP contribution in [0.15, 0.2) is 72.8 Å². The number of hydrogen-bond donors (Lipinski definition) is 4. The van der Waals surface area contributed by atoms with Crippen LogP contribution in [0.5, 0.6) is 0 Å². The summed E-state index contributed by atoms with van der Waals surface area (Å²) >= 11 is 0. The molecule has 4 bridgehead atoms. The number of benzene rings is 4. The molecule has 2 saturated heterocycles. The molecule has 2 fully saturated rings. The fourth-order valence-electron chi connectivity index (χ4n) is 10.5. The third-order valence-electron chi connectivity index (χ3n) is 14.3. The van der Waals surface area contributed by atoms with Crippen LogP contribution in [-0.4, -0.2) is 93.1 Å². The number of nitrogens with zero attached hydrogens (tertiary/aromatic N) is 4. The van der Waals surface area contributed by atoms with E-state index in [-0.39, 0.29) is 35.7 Å². The van der Waals surface area contributed by atoms with Gasteiger partial charge >= 0.3 is 12.2 Å². The molecule has 4 aromatic carbocycles. The number of H-pyrrole nitrogens is 2. The Bertz CT molecular complexity index is 2660. The average Bonchev–Trinajstić information content (AvgIpc) is 3.99. The van der Waals surface area contributed by atoms with Crippen LogP contribution in [0.2, 0.25) is 0 Å². The van der Waals surface area contributed by atoms with Gasteiger partial charge in [0.25, 0.3) is 0 Å². The standard InChI is InChI=1S/C54H64N8O6/c1-31(2)47(59-53(65)67-5)51(63)61-25-9-7-11-45(61)49-55-41-23-21-37(29-43(41)57-49)39-27-33-13-17-35(39)19-15-34-14-18-36(20-16-33)40(28-34)38-22-24-42-44(30-38)58-50(56-42)46-12-8-10-26-62(46)52(64)48(32(3)4)60-54(66)68-6/h13-14,17-18,21-24,27-32,45-48H,7-12,15-16,19-20,25-26H2,1-6H3,(H,55,57)(H,56,58)(H,59,65)(H,60,66)/t45-,46-,47-,48-/m0/s1. The van der Waals surface area contributed by atoms with E-state index < -0.39 is 24.3 Å². The number of likely N-dealkylation sites (tertiary alicyclic amines) is 2. The number of piperidine rings is 2. The quantitative estimate of drug-likeness (QED) is 0.105. The number of aromatic amines is 2. The summed E-state index contributed by atoms with van der Waals surface area (Å²) in [5, 5.41) is 5.52. The van der Waals surface area contributed by atoms with Gasteiger partial charge in [0.15, 0.2) is 0 Å². The van der Waals surface area contributed by atoms with Crippen LogP contribution in [0.3, 0.4) is 0 Å². The highest BCUT2D eigenvalue weighted by Crippen LogP contribution is 2.37. The minimum absolute atomic E-state index is 0.112. The fraction of sp³-hybridized carbons (Fsp3) is 0.444. The van der Waals surface area contributed by atoms with E-state index in [9.17, 15) is 19.2 Å². The van der Waals surface area contributed by atoms with Gasteiger partial charge in [0.05, 0.1) is 48.4 Å². The SMILES string of the molecule is COC(=O)N[C@H](C(=O)N1CCCC[C@H]1c1nc2ccc(-c3cc4ccc3CCc3ccc(c(-c5ccc6nc([C@@H]7CCCCN7C(=O)[C@@H](NC(=O)OC)C(C)C)[nH]c6c5)c3)CC4)cc2[nH]1)C(C)C. The molecule has 4 atom stereocenters. The molecule has 12 rings (SSSR count). The van der Waals surface area contributed by atoms with Crippen molar-refractivity contribution in [1.29, 1.82) is 0 Å². The number of alkyl carbamates (subject to hydrolysis) is 2. The van der Waals surface area contributed by atoms with E-state index in [1.807, 2.05) is 37.5 Å². The van der Waals surface area contributed by atoms with E-state index in [0.717, 1.165) is 109 Å². The van der Waals surface area contributed by atoms with Gasteiger partial charge in [0, 0.05) is 13.1 Å². The molecule has 0 radical (unpaired) electrons. The molecule has 6 aromatic rings. The topological polar surface area (TPSA) is 175 Å². The largest absolute Gasteiger partial charge is 0.453 e. The van der Waals surface area contributed by atoms with E-state index in [1.54, 1.807) is 0 Å². The molecule has 4 N–H and O–H groups in total. The predicted molar refractivity (Wildman–Crippen MR) is 263 cm³/mol. The number of carbonyl (C=O) groups is 4. The van der Waals surface area contributed by atoms with Gasteiger partial charge in [-0.15, -0.1) is 0 Å². The molecule has 68 heavy (non-hydrogen) atoms. The van der Waals surface area contributed by atoms with E-state index in [2.05, 4.69) is 93.4 Å². The molecule has 2 aliphatic heterocycles. The summed E-state index contributed by atoms with van der Waals surface area (Å²) in [7, 11) is 2.62. The van der Waals surface area contributed by atoms with E-state index in [4.69, 9.17) is 19.4 Å². The number of rotatable bonds is 10. The lowest BCUT2D eigenvalue weighted by molar-refractivity contribution is -0.139. The zero-order valence-corrected chi connectivity index (χ0v) is 40.1. The number of carbonyl (C=O) groups excluding carboxylic acids is 4. The van der Waals surface area contributed by atoms with Crippen molar-refractivity contribution in [3.63, 3.8) is 0 Å². The van der Waals surface area contributed by atoms with E-state index >= 15 is 0 Å².